The van der Waals surface area contributed by atoms with Gasteiger partial charge in [0, 0.05) is 30.9 Å². The fourth-order valence-electron chi connectivity index (χ4n) is 5.20. The molecule has 1 aliphatic heterocycles. The number of amides is 1. The number of hydrogen-bond donors (Lipinski definition) is 1. The first-order valence-electron chi connectivity index (χ1n) is 12.0. The van der Waals surface area contributed by atoms with E-state index in [1.165, 1.54) is 25.0 Å². The monoisotopic (exact) mass is 451 g/mol. The summed E-state index contributed by atoms with van der Waals surface area (Å²) in [6.07, 6.45) is 5.99. The molecule has 1 unspecified atom stereocenters. The number of non-ortho nitro benzene ring substituents is 1. The lowest BCUT2D eigenvalue weighted by atomic mass is 9.78. The predicted octanol–water partition coefficient (Wildman–Crippen LogP) is 5.16. The van der Waals surface area contributed by atoms with Crippen LogP contribution in [0, 0.1) is 16.0 Å². The molecule has 0 aromatic heterocycles. The van der Waals surface area contributed by atoms with Crippen molar-refractivity contribution in [3.05, 3.63) is 64.2 Å². The number of carbonyl (C=O) groups excluding carboxylic acids is 1. The van der Waals surface area contributed by atoms with Crippen molar-refractivity contribution in [2.24, 2.45) is 5.92 Å². The van der Waals surface area contributed by atoms with Crippen LogP contribution in [0.25, 0.3) is 0 Å². The summed E-state index contributed by atoms with van der Waals surface area (Å²) < 4.78 is 5.91. The molecule has 33 heavy (non-hydrogen) atoms. The fraction of sp³-hybridized carbons (Fsp3) is 0.500. The van der Waals surface area contributed by atoms with Gasteiger partial charge in [0.2, 0.25) is 5.91 Å². The largest absolute Gasteiger partial charge is 0.492 e. The smallest absolute Gasteiger partial charge is 0.269 e. The van der Waals surface area contributed by atoms with Crippen LogP contribution in [0.4, 0.5) is 11.4 Å². The first-order valence-corrected chi connectivity index (χ1v) is 12.0. The molecule has 0 radical (unpaired) electrons. The lowest BCUT2D eigenvalue weighted by molar-refractivity contribution is -0.384. The Morgan fingerprint density at radius 2 is 1.82 bits per heavy atom. The standard InChI is InChI=1S/C26H33N3O4/c1-20-5-4-16-28(19-20)17-18-33-24-12-8-22(9-13-24)27-25(30)26(14-2-3-15-26)21-6-10-23(11-7-21)29(31)32/h6-13,20H,2-5,14-19H2,1H3,(H,27,30). The number of ether oxygens (including phenoxy) is 1. The summed E-state index contributed by atoms with van der Waals surface area (Å²) in [7, 11) is 0. The molecule has 7 nitrogen and oxygen atoms in total. The second-order valence-corrected chi connectivity index (χ2v) is 9.47. The van der Waals surface area contributed by atoms with Crippen molar-refractivity contribution in [1.29, 1.82) is 0 Å². The van der Waals surface area contributed by atoms with Gasteiger partial charge in [0.1, 0.15) is 12.4 Å². The molecule has 2 aliphatic rings. The molecular formula is C26H33N3O4. The number of anilines is 1. The van der Waals surface area contributed by atoms with Crippen LogP contribution in [0.2, 0.25) is 0 Å². The van der Waals surface area contributed by atoms with Gasteiger partial charge in [0.15, 0.2) is 0 Å². The van der Waals surface area contributed by atoms with Gasteiger partial charge in [-0.15, -0.1) is 0 Å². The van der Waals surface area contributed by atoms with Crippen LogP contribution in [0.3, 0.4) is 0 Å². The van der Waals surface area contributed by atoms with E-state index in [0.717, 1.165) is 68.2 Å². The van der Waals surface area contributed by atoms with Crippen LogP contribution in [0.1, 0.15) is 51.0 Å². The Labute approximate surface area is 195 Å². The number of piperidine rings is 1. The lowest BCUT2D eigenvalue weighted by Crippen LogP contribution is -2.38. The van der Waals surface area contributed by atoms with Crippen molar-refractivity contribution in [2.45, 2.75) is 50.9 Å². The van der Waals surface area contributed by atoms with Gasteiger partial charge in [-0.1, -0.05) is 31.9 Å². The van der Waals surface area contributed by atoms with E-state index in [1.807, 2.05) is 24.3 Å². The van der Waals surface area contributed by atoms with Crippen LogP contribution < -0.4 is 10.1 Å². The zero-order chi connectivity index (χ0) is 23.3. The van der Waals surface area contributed by atoms with Gasteiger partial charge in [-0.3, -0.25) is 19.8 Å². The average molecular weight is 452 g/mol. The molecule has 0 bridgehead atoms. The highest BCUT2D eigenvalue weighted by Crippen LogP contribution is 2.42. The molecule has 7 heteroatoms. The molecule has 1 heterocycles. The summed E-state index contributed by atoms with van der Waals surface area (Å²) in [5.74, 6) is 1.50. The Morgan fingerprint density at radius 1 is 1.12 bits per heavy atom. The molecule has 0 spiro atoms. The molecule has 2 aromatic rings. The van der Waals surface area contributed by atoms with E-state index in [9.17, 15) is 14.9 Å². The fourth-order valence-corrected chi connectivity index (χ4v) is 5.20. The Morgan fingerprint density at radius 3 is 2.45 bits per heavy atom. The zero-order valence-electron chi connectivity index (χ0n) is 19.3. The minimum absolute atomic E-state index is 0.0395. The highest BCUT2D eigenvalue weighted by molar-refractivity contribution is 5.99. The quantitative estimate of drug-likeness (QED) is 0.443. The first kappa shape index (κ1) is 23.2. The van der Waals surface area contributed by atoms with E-state index in [0.29, 0.717) is 6.61 Å². The Kier molecular flexibility index (Phi) is 7.28. The van der Waals surface area contributed by atoms with Crippen LogP contribution in [-0.2, 0) is 10.2 Å². The summed E-state index contributed by atoms with van der Waals surface area (Å²) in [6, 6.07) is 13.9. The van der Waals surface area contributed by atoms with Gasteiger partial charge in [0.05, 0.1) is 10.3 Å². The van der Waals surface area contributed by atoms with E-state index in [2.05, 4.69) is 17.1 Å². The number of rotatable bonds is 8. The summed E-state index contributed by atoms with van der Waals surface area (Å²) in [6.45, 7) is 6.18. The van der Waals surface area contributed by atoms with Crippen LogP contribution >= 0.6 is 0 Å². The molecule has 4 rings (SSSR count). The van der Waals surface area contributed by atoms with E-state index in [4.69, 9.17) is 4.74 Å². The molecule has 1 saturated heterocycles. The number of nitrogens with zero attached hydrogens (tertiary/aromatic N) is 2. The van der Waals surface area contributed by atoms with Crippen molar-refractivity contribution < 1.29 is 14.5 Å². The van der Waals surface area contributed by atoms with Crippen molar-refractivity contribution in [3.8, 4) is 5.75 Å². The van der Waals surface area contributed by atoms with Crippen LogP contribution in [0.15, 0.2) is 48.5 Å². The number of benzene rings is 2. The maximum Gasteiger partial charge on any atom is 0.269 e. The molecule has 1 saturated carbocycles. The van der Waals surface area contributed by atoms with Crippen molar-refractivity contribution in [2.75, 3.05) is 31.6 Å². The van der Waals surface area contributed by atoms with Crippen molar-refractivity contribution >= 4 is 17.3 Å². The normalized spacial score (nSPS) is 20.3. The second-order valence-electron chi connectivity index (χ2n) is 9.47. The number of likely N-dealkylation sites (tertiary alicyclic amines) is 1. The van der Waals surface area contributed by atoms with E-state index < -0.39 is 10.3 Å². The third kappa shape index (κ3) is 5.53. The molecule has 176 valence electrons. The highest BCUT2D eigenvalue weighted by Gasteiger charge is 2.42. The van der Waals surface area contributed by atoms with Gasteiger partial charge in [-0.25, -0.2) is 0 Å². The van der Waals surface area contributed by atoms with Crippen LogP contribution in [0.5, 0.6) is 5.75 Å². The van der Waals surface area contributed by atoms with Gasteiger partial charge < -0.3 is 10.1 Å². The first-order chi connectivity index (χ1) is 16.0. The predicted molar refractivity (Wildman–Crippen MR) is 129 cm³/mol. The van der Waals surface area contributed by atoms with Gasteiger partial charge >= 0.3 is 0 Å². The van der Waals surface area contributed by atoms with Crippen molar-refractivity contribution in [1.82, 2.24) is 4.90 Å². The molecule has 1 aliphatic carbocycles. The molecule has 1 amide bonds. The minimum atomic E-state index is -0.643. The number of carbonyl (C=O) groups is 1. The number of hydrogen-bond acceptors (Lipinski definition) is 5. The average Bonchev–Trinajstić information content (AvgIpc) is 3.32. The Balaban J connectivity index is 1.35. The highest BCUT2D eigenvalue weighted by atomic mass is 16.6. The van der Waals surface area contributed by atoms with Crippen molar-refractivity contribution in [3.63, 3.8) is 0 Å². The minimum Gasteiger partial charge on any atom is -0.492 e. The van der Waals surface area contributed by atoms with Gasteiger partial charge in [-0.2, -0.15) is 0 Å². The topological polar surface area (TPSA) is 84.7 Å². The van der Waals surface area contributed by atoms with Gasteiger partial charge in [0.25, 0.3) is 5.69 Å². The molecule has 2 aromatic carbocycles. The molecule has 1 atom stereocenters. The SMILES string of the molecule is CC1CCCN(CCOc2ccc(NC(=O)C3(c4ccc([N+](=O)[O-])cc4)CCCC3)cc2)C1. The lowest BCUT2D eigenvalue weighted by Gasteiger charge is -2.30. The third-order valence-electron chi connectivity index (χ3n) is 7.05. The number of nitrogens with one attached hydrogen (secondary N) is 1. The third-order valence-corrected chi connectivity index (χ3v) is 7.05. The Bertz CT molecular complexity index is 953. The Hall–Kier alpha value is -2.93. The maximum absolute atomic E-state index is 13.3. The van der Waals surface area contributed by atoms with E-state index in [1.54, 1.807) is 12.1 Å². The summed E-state index contributed by atoms with van der Waals surface area (Å²) in [5, 5.41) is 14.1. The number of nitro benzene ring substituents is 1. The van der Waals surface area contributed by atoms with Gasteiger partial charge in [-0.05, 0) is 68.0 Å². The summed E-state index contributed by atoms with van der Waals surface area (Å²) in [5.41, 5.74) is 0.966. The second kappa shape index (κ2) is 10.3. The summed E-state index contributed by atoms with van der Waals surface area (Å²) in [4.78, 5) is 26.4. The summed E-state index contributed by atoms with van der Waals surface area (Å²) >= 11 is 0. The molecular weight excluding hydrogens is 418 g/mol. The maximum atomic E-state index is 13.3. The number of nitro groups is 1. The van der Waals surface area contributed by atoms with Crippen LogP contribution in [-0.4, -0.2) is 42.0 Å². The van der Waals surface area contributed by atoms with E-state index >= 15 is 0 Å². The molecule has 1 N–H and O–H groups in total. The molecule has 2 fully saturated rings. The zero-order valence-corrected chi connectivity index (χ0v) is 19.3. The van der Waals surface area contributed by atoms with E-state index in [-0.39, 0.29) is 11.6 Å².